The van der Waals surface area contributed by atoms with E-state index in [9.17, 15) is 14.4 Å². The first-order valence-electron chi connectivity index (χ1n) is 32.0. The van der Waals surface area contributed by atoms with Crippen molar-refractivity contribution >= 4 is 17.9 Å². The molecule has 0 bridgehead atoms. The molecule has 0 saturated carbocycles. The minimum absolute atomic E-state index is 0.0964. The van der Waals surface area contributed by atoms with Gasteiger partial charge in [0.2, 0.25) is 0 Å². The van der Waals surface area contributed by atoms with Gasteiger partial charge in [-0.1, -0.05) is 258 Å². The lowest BCUT2D eigenvalue weighted by Gasteiger charge is -2.18. The molecule has 0 fully saturated rings. The topological polar surface area (TPSA) is 78.9 Å². The molecule has 0 aromatic carbocycles. The van der Waals surface area contributed by atoms with Crippen molar-refractivity contribution in [2.45, 2.75) is 297 Å². The normalized spacial score (nSPS) is 12.9. The molecule has 0 saturated heterocycles. The van der Waals surface area contributed by atoms with E-state index in [-0.39, 0.29) is 31.1 Å². The van der Waals surface area contributed by atoms with Gasteiger partial charge in [-0.05, 0) is 135 Å². The van der Waals surface area contributed by atoms with Gasteiger partial charge in [0.05, 0.1) is 0 Å². The Labute approximate surface area is 475 Å². The molecule has 438 valence electrons. The third-order valence-electron chi connectivity index (χ3n) is 13.4. The summed E-state index contributed by atoms with van der Waals surface area (Å²) in [5.74, 6) is -0.931. The van der Waals surface area contributed by atoms with E-state index in [1.54, 1.807) is 0 Å². The Hall–Kier alpha value is -4.19. The minimum Gasteiger partial charge on any atom is -0.462 e. The zero-order valence-electron chi connectivity index (χ0n) is 50.2. The average Bonchev–Trinajstić information content (AvgIpc) is 3.43. The summed E-state index contributed by atoms with van der Waals surface area (Å²) >= 11 is 0. The predicted molar refractivity (Wildman–Crippen MR) is 334 cm³/mol. The molecule has 0 amide bonds. The molecule has 0 aliphatic heterocycles. The first-order valence-corrected chi connectivity index (χ1v) is 32.0. The summed E-state index contributed by atoms with van der Waals surface area (Å²) < 4.78 is 16.9. The highest BCUT2D eigenvalue weighted by molar-refractivity contribution is 5.71. The zero-order chi connectivity index (χ0) is 55.7. The van der Waals surface area contributed by atoms with Crippen molar-refractivity contribution < 1.29 is 28.6 Å². The van der Waals surface area contributed by atoms with Gasteiger partial charge in [0.1, 0.15) is 13.2 Å². The summed E-state index contributed by atoms with van der Waals surface area (Å²) in [6.07, 6.45) is 89.0. The third kappa shape index (κ3) is 62.5. The Morgan fingerprint density at radius 1 is 0.273 bits per heavy atom. The van der Waals surface area contributed by atoms with Crippen molar-refractivity contribution in [1.82, 2.24) is 0 Å². The van der Waals surface area contributed by atoms with Crippen LogP contribution in [0.25, 0.3) is 0 Å². The van der Waals surface area contributed by atoms with E-state index in [4.69, 9.17) is 14.2 Å². The van der Waals surface area contributed by atoms with Crippen LogP contribution >= 0.6 is 0 Å². The molecule has 0 radical (unpaired) electrons. The van der Waals surface area contributed by atoms with Crippen LogP contribution in [0.2, 0.25) is 0 Å². The molecule has 0 heterocycles. The summed E-state index contributed by atoms with van der Waals surface area (Å²) in [6, 6.07) is 0. The third-order valence-corrected chi connectivity index (χ3v) is 13.4. The highest BCUT2D eigenvalue weighted by Crippen LogP contribution is 2.15. The highest BCUT2D eigenvalue weighted by atomic mass is 16.6. The molecule has 1 atom stereocenters. The van der Waals surface area contributed by atoms with Crippen molar-refractivity contribution in [3.05, 3.63) is 122 Å². The van der Waals surface area contributed by atoms with Crippen molar-refractivity contribution in [3.8, 4) is 0 Å². The maximum atomic E-state index is 12.9. The Morgan fingerprint density at radius 2 is 0.506 bits per heavy atom. The van der Waals surface area contributed by atoms with Crippen molar-refractivity contribution in [3.63, 3.8) is 0 Å². The quantitative estimate of drug-likeness (QED) is 0.0261. The monoisotopic (exact) mass is 1070 g/mol. The lowest BCUT2D eigenvalue weighted by molar-refractivity contribution is -0.167. The number of allylic oxidation sites excluding steroid dienone is 20. The number of esters is 3. The summed E-state index contributed by atoms with van der Waals surface area (Å²) in [7, 11) is 0. The number of ether oxygens (including phenoxy) is 3. The summed E-state index contributed by atoms with van der Waals surface area (Å²) in [4.78, 5) is 38.4. The van der Waals surface area contributed by atoms with Gasteiger partial charge in [-0.25, -0.2) is 0 Å². The number of unbranched alkanes of at least 4 members (excludes halogenated alkanes) is 26. The highest BCUT2D eigenvalue weighted by Gasteiger charge is 2.19. The van der Waals surface area contributed by atoms with E-state index in [0.717, 1.165) is 148 Å². The number of carbonyl (C=O) groups is 3. The number of hydrogen-bond acceptors (Lipinski definition) is 6. The van der Waals surface area contributed by atoms with Crippen LogP contribution in [0, 0.1) is 0 Å². The summed E-state index contributed by atoms with van der Waals surface area (Å²) in [5, 5.41) is 0. The van der Waals surface area contributed by atoms with Crippen LogP contribution < -0.4 is 0 Å². The van der Waals surface area contributed by atoms with E-state index in [2.05, 4.69) is 142 Å². The standard InChI is InChI=1S/C71H118O6/c1-4-7-10-13-16-19-22-25-28-31-33-35-37-40-43-46-49-52-55-58-61-64-70(73)76-67-68(66-75-69(72)63-60-57-54-51-48-45-42-39-30-27-24-21-18-15-12-9-6-3)77-71(74)65-62-59-56-53-50-47-44-41-38-36-34-32-29-26-23-20-17-14-11-8-5-2/h7,10,16,18-19,21,23,25-28,30,32-35,38,40-41,43,68H,4-6,8-9,11-15,17,20,22,24,29,31,36-37,39,42,44-67H2,1-3H3/b10-7-,19-16-,21-18-,26-23-,28-25-,30-27-,34-32-,35-33-,41-38-,43-40-. The zero-order valence-corrected chi connectivity index (χ0v) is 50.2. The van der Waals surface area contributed by atoms with E-state index < -0.39 is 6.10 Å². The van der Waals surface area contributed by atoms with Crippen molar-refractivity contribution in [1.29, 1.82) is 0 Å². The molecule has 0 rings (SSSR count). The molecule has 6 heteroatoms. The van der Waals surface area contributed by atoms with Gasteiger partial charge in [0.25, 0.3) is 0 Å². The van der Waals surface area contributed by atoms with Crippen LogP contribution in [0.15, 0.2) is 122 Å². The summed E-state index contributed by atoms with van der Waals surface area (Å²) in [5.41, 5.74) is 0. The second-order valence-electron chi connectivity index (χ2n) is 20.9. The summed E-state index contributed by atoms with van der Waals surface area (Å²) in [6.45, 7) is 6.47. The Balaban J connectivity index is 4.48. The molecule has 77 heavy (non-hydrogen) atoms. The van der Waals surface area contributed by atoms with E-state index in [1.807, 2.05) is 0 Å². The van der Waals surface area contributed by atoms with Crippen LogP contribution in [-0.2, 0) is 28.6 Å². The molecule has 0 spiro atoms. The van der Waals surface area contributed by atoms with Gasteiger partial charge in [0.15, 0.2) is 6.10 Å². The first kappa shape index (κ1) is 72.8. The molecule has 1 unspecified atom stereocenters. The Bertz CT molecular complexity index is 1600. The molecule has 0 aromatic heterocycles. The van der Waals surface area contributed by atoms with Crippen LogP contribution in [0.4, 0.5) is 0 Å². The average molecular weight is 1070 g/mol. The fourth-order valence-corrected chi connectivity index (χ4v) is 8.62. The van der Waals surface area contributed by atoms with Gasteiger partial charge >= 0.3 is 17.9 Å². The number of rotatable bonds is 57. The second kappa shape index (κ2) is 64.3. The van der Waals surface area contributed by atoms with E-state index >= 15 is 0 Å². The predicted octanol–water partition coefficient (Wildman–Crippen LogP) is 22.0. The fraction of sp³-hybridized carbons (Fsp3) is 0.676. The first-order chi connectivity index (χ1) is 38.0. The molecule has 0 aliphatic rings. The molecule has 0 aliphatic carbocycles. The Kier molecular flexibility index (Phi) is 60.8. The molecular weight excluding hydrogens is 949 g/mol. The van der Waals surface area contributed by atoms with Gasteiger partial charge in [-0.2, -0.15) is 0 Å². The SMILES string of the molecule is CC/C=C\C/C=C\C/C=C\C/C=C\C/C=C\CCCCCCCC(=O)OCC(COC(=O)CCCCCCCCC/C=C\C/C=C\CCCCC)OC(=O)CCCCCCCC/C=C\C/C=C\C/C=C\CCCCCCC. The lowest BCUT2D eigenvalue weighted by Crippen LogP contribution is -2.30. The van der Waals surface area contributed by atoms with Gasteiger partial charge in [0, 0.05) is 19.3 Å². The lowest BCUT2D eigenvalue weighted by atomic mass is 10.1. The number of hydrogen-bond donors (Lipinski definition) is 0. The molecule has 0 aromatic rings. The van der Waals surface area contributed by atoms with E-state index in [1.165, 1.54) is 103 Å². The maximum absolute atomic E-state index is 12.9. The smallest absolute Gasteiger partial charge is 0.306 e. The molecule has 6 nitrogen and oxygen atoms in total. The molecular formula is C71H118O6. The van der Waals surface area contributed by atoms with Crippen LogP contribution in [-0.4, -0.2) is 37.2 Å². The number of carbonyl (C=O) groups excluding carboxylic acids is 3. The fourth-order valence-electron chi connectivity index (χ4n) is 8.62. The molecule has 0 N–H and O–H groups in total. The van der Waals surface area contributed by atoms with E-state index in [0.29, 0.717) is 19.3 Å². The van der Waals surface area contributed by atoms with Crippen LogP contribution in [0.1, 0.15) is 290 Å². The van der Waals surface area contributed by atoms with Crippen molar-refractivity contribution in [2.75, 3.05) is 13.2 Å². The maximum Gasteiger partial charge on any atom is 0.306 e. The Morgan fingerprint density at radius 3 is 0.818 bits per heavy atom. The van der Waals surface area contributed by atoms with Crippen molar-refractivity contribution in [2.24, 2.45) is 0 Å². The van der Waals surface area contributed by atoms with Crippen LogP contribution in [0.3, 0.4) is 0 Å². The van der Waals surface area contributed by atoms with Crippen LogP contribution in [0.5, 0.6) is 0 Å². The van der Waals surface area contributed by atoms with Gasteiger partial charge in [-0.15, -0.1) is 0 Å². The minimum atomic E-state index is -0.802. The second-order valence-corrected chi connectivity index (χ2v) is 20.9. The van der Waals surface area contributed by atoms with Gasteiger partial charge < -0.3 is 14.2 Å². The largest absolute Gasteiger partial charge is 0.462 e. The van der Waals surface area contributed by atoms with Gasteiger partial charge in [-0.3, -0.25) is 14.4 Å².